The Morgan fingerprint density at radius 3 is 1.92 bits per heavy atom. The van der Waals surface area contributed by atoms with E-state index in [-0.39, 0.29) is 44.2 Å². The molecule has 3 nitrogen and oxygen atoms in total. The predicted octanol–water partition coefficient (Wildman–Crippen LogP) is 10.3. The number of halogens is 10. The molecule has 6 rings (SSSR count). The molecule has 2 aromatic heterocycles. The van der Waals surface area contributed by atoms with Crippen LogP contribution in [0.3, 0.4) is 0 Å². The summed E-state index contributed by atoms with van der Waals surface area (Å²) in [6.07, 6.45) is -11.0. The van der Waals surface area contributed by atoms with Crippen LogP contribution in [-0.2, 0) is 38.8 Å². The van der Waals surface area contributed by atoms with Gasteiger partial charge >= 0.3 is 33.4 Å². The first-order chi connectivity index (χ1) is 22.5. The summed E-state index contributed by atoms with van der Waals surface area (Å²) in [7, 11) is 0. The summed E-state index contributed by atoms with van der Waals surface area (Å²) < 4.78 is 146. The Hall–Kier alpha value is -4.51. The second-order valence-electron chi connectivity index (χ2n) is 11.2. The van der Waals surface area contributed by atoms with Crippen LogP contribution in [0.2, 0.25) is 0 Å². The van der Waals surface area contributed by atoms with Gasteiger partial charge in [-0.15, -0.1) is 18.2 Å². The molecule has 14 heteroatoms. The van der Waals surface area contributed by atoms with Crippen molar-refractivity contribution in [2.45, 2.75) is 31.6 Å². The molecule has 0 bridgehead atoms. The second-order valence-corrected chi connectivity index (χ2v) is 11.2. The van der Waals surface area contributed by atoms with E-state index in [9.17, 15) is 35.1 Å². The molecule has 0 spiro atoms. The summed E-state index contributed by atoms with van der Waals surface area (Å²) in [6, 6.07) is 22.9. The molecular formula is C35H19F10N3Pt. The minimum atomic E-state index is -5.54. The summed E-state index contributed by atoms with van der Waals surface area (Å²) in [6.45, 7) is 2.45. The van der Waals surface area contributed by atoms with Crippen molar-refractivity contribution in [3.63, 3.8) is 0 Å². The first-order valence-electron chi connectivity index (χ1n) is 14.0. The van der Waals surface area contributed by atoms with Gasteiger partial charge in [0.15, 0.2) is 0 Å². The number of aromatic nitrogens is 3. The number of pyridine rings is 1. The van der Waals surface area contributed by atoms with Gasteiger partial charge in [0.1, 0.15) is 0 Å². The van der Waals surface area contributed by atoms with Crippen LogP contribution < -0.4 is 0 Å². The van der Waals surface area contributed by atoms with Gasteiger partial charge in [-0.05, 0) is 36.0 Å². The molecule has 4 aromatic carbocycles. The van der Waals surface area contributed by atoms with Crippen molar-refractivity contribution in [2.75, 3.05) is 0 Å². The minimum Gasteiger partial charge on any atom is -0.333 e. The third-order valence-electron chi connectivity index (χ3n) is 7.79. The van der Waals surface area contributed by atoms with Crippen molar-refractivity contribution in [2.24, 2.45) is 0 Å². The SMILES string of the molecule is CC(C)(c1cccc(-c2[c-]cc(F)c(C(F)(F)F)c2F)n1)c1[c-]c(-c2nc3ccccc3n2-c2ccccc2)c(F)c(C(F)(F)F)c1F.[Pt+2]. The monoisotopic (exact) mass is 866 g/mol. The van der Waals surface area contributed by atoms with Crippen LogP contribution in [0.15, 0.2) is 78.9 Å². The van der Waals surface area contributed by atoms with Crippen LogP contribution in [0.5, 0.6) is 0 Å². The van der Waals surface area contributed by atoms with Crippen LogP contribution in [-0.4, -0.2) is 14.5 Å². The third kappa shape index (κ3) is 6.24. The normalized spacial score (nSPS) is 12.3. The zero-order valence-electron chi connectivity index (χ0n) is 24.9. The van der Waals surface area contributed by atoms with Crippen LogP contribution in [0.4, 0.5) is 43.9 Å². The molecule has 49 heavy (non-hydrogen) atoms. The summed E-state index contributed by atoms with van der Waals surface area (Å²) in [5.41, 5.74) is -8.54. The molecular weight excluding hydrogens is 847 g/mol. The summed E-state index contributed by atoms with van der Waals surface area (Å²) in [5.74, 6) is -8.26. The van der Waals surface area contributed by atoms with Crippen molar-refractivity contribution < 1.29 is 65.0 Å². The number of rotatable bonds is 5. The third-order valence-corrected chi connectivity index (χ3v) is 7.79. The quantitative estimate of drug-likeness (QED) is 0.128. The zero-order chi connectivity index (χ0) is 34.8. The maximum absolute atomic E-state index is 16.0. The molecule has 0 atom stereocenters. The fraction of sp³-hybridized carbons (Fsp3) is 0.143. The maximum Gasteiger partial charge on any atom is 2.00 e. The van der Waals surface area contributed by atoms with E-state index in [0.717, 1.165) is 6.07 Å². The maximum atomic E-state index is 16.0. The van der Waals surface area contributed by atoms with E-state index in [1.165, 1.54) is 30.5 Å². The molecule has 0 aliphatic heterocycles. The van der Waals surface area contributed by atoms with Gasteiger partial charge in [0, 0.05) is 27.9 Å². The largest absolute Gasteiger partial charge is 2.00 e. The van der Waals surface area contributed by atoms with E-state index in [0.29, 0.717) is 11.2 Å². The van der Waals surface area contributed by atoms with E-state index < -0.39 is 74.5 Å². The molecule has 2 heterocycles. The average Bonchev–Trinajstić information content (AvgIpc) is 3.39. The summed E-state index contributed by atoms with van der Waals surface area (Å²) in [4.78, 5) is 8.50. The van der Waals surface area contributed by atoms with E-state index >= 15 is 8.78 Å². The summed E-state index contributed by atoms with van der Waals surface area (Å²) >= 11 is 0. The topological polar surface area (TPSA) is 30.7 Å². The van der Waals surface area contributed by atoms with Gasteiger partial charge in [0.2, 0.25) is 0 Å². The first-order valence-corrected chi connectivity index (χ1v) is 14.0. The van der Waals surface area contributed by atoms with Gasteiger partial charge in [-0.25, -0.2) is 0 Å². The van der Waals surface area contributed by atoms with E-state index in [1.54, 1.807) is 54.6 Å². The Labute approximate surface area is 286 Å². The first kappa shape index (κ1) is 35.8. The Kier molecular flexibility index (Phi) is 9.31. The van der Waals surface area contributed by atoms with Crippen molar-refractivity contribution in [1.29, 1.82) is 0 Å². The molecule has 6 aromatic rings. The standard InChI is InChI=1S/C35H19F10N3.Pt/c1-33(2,26-14-8-12-23(46-26)19-15-16-22(36)27(29(19)37)34(40,41)42)21-17-20(30(38)28(31(21)39)35(43,44)45)32-47-24-11-6-7-13-25(24)48(32)18-9-4-3-5-10-18;/h3-14,16H,1-2H3;/q-2;+2. The molecule has 0 saturated heterocycles. The Morgan fingerprint density at radius 1 is 0.653 bits per heavy atom. The number of fused-ring (bicyclic) bond motifs is 1. The molecule has 0 amide bonds. The molecule has 254 valence electrons. The molecule has 0 unspecified atom stereocenters. The van der Waals surface area contributed by atoms with E-state index in [1.807, 2.05) is 0 Å². The van der Waals surface area contributed by atoms with Crippen LogP contribution >= 0.6 is 0 Å². The molecule has 0 aliphatic carbocycles. The van der Waals surface area contributed by atoms with Crippen LogP contribution in [0.1, 0.15) is 36.2 Å². The molecule has 0 fully saturated rings. The zero-order valence-corrected chi connectivity index (χ0v) is 27.2. The fourth-order valence-corrected chi connectivity index (χ4v) is 5.44. The number of nitrogens with zero attached hydrogens (tertiary/aromatic N) is 3. The molecule has 0 saturated carbocycles. The number of benzene rings is 4. The Bertz CT molecular complexity index is 2190. The average molecular weight is 867 g/mol. The van der Waals surface area contributed by atoms with E-state index in [4.69, 9.17) is 0 Å². The van der Waals surface area contributed by atoms with E-state index in [2.05, 4.69) is 22.1 Å². The van der Waals surface area contributed by atoms with Crippen LogP contribution in [0.25, 0.3) is 39.4 Å². The molecule has 0 N–H and O–H groups in total. The predicted molar refractivity (Wildman–Crippen MR) is 156 cm³/mol. The van der Waals surface area contributed by atoms with Crippen molar-refractivity contribution in [1.82, 2.24) is 14.5 Å². The van der Waals surface area contributed by atoms with Gasteiger partial charge in [-0.2, -0.15) is 26.3 Å². The number of para-hydroxylation sites is 3. The van der Waals surface area contributed by atoms with Gasteiger partial charge in [0.05, 0.1) is 40.1 Å². The Balaban J connectivity index is 0.00000468. The van der Waals surface area contributed by atoms with Crippen molar-refractivity contribution in [3.8, 4) is 28.3 Å². The second kappa shape index (κ2) is 12.7. The smallest absolute Gasteiger partial charge is 0.333 e. The van der Waals surface area contributed by atoms with Gasteiger partial charge in [-0.1, -0.05) is 73.0 Å². The fourth-order valence-electron chi connectivity index (χ4n) is 5.44. The minimum absolute atomic E-state index is 0. The van der Waals surface area contributed by atoms with Gasteiger partial charge < -0.3 is 9.55 Å². The van der Waals surface area contributed by atoms with Crippen LogP contribution in [0, 0.1) is 35.4 Å². The van der Waals surface area contributed by atoms with Crippen molar-refractivity contribution >= 4 is 11.0 Å². The molecule has 0 radical (unpaired) electrons. The summed E-state index contributed by atoms with van der Waals surface area (Å²) in [5, 5.41) is 0. The number of imidazole rings is 1. The molecule has 0 aliphatic rings. The van der Waals surface area contributed by atoms with Gasteiger partial charge in [0.25, 0.3) is 0 Å². The Morgan fingerprint density at radius 2 is 1.27 bits per heavy atom. The number of hydrogen-bond acceptors (Lipinski definition) is 2. The van der Waals surface area contributed by atoms with Crippen molar-refractivity contribution in [3.05, 3.63) is 137 Å². The van der Waals surface area contributed by atoms with Gasteiger partial charge in [-0.3, -0.25) is 22.5 Å². The number of hydrogen-bond donors (Lipinski definition) is 0. The number of alkyl halides is 6.